The molecule has 0 atom stereocenters. The quantitative estimate of drug-likeness (QED) is 0.178. The third-order valence-electron chi connectivity index (χ3n) is 10.9. The monoisotopic (exact) mass is 706 g/mol. The van der Waals surface area contributed by atoms with Crippen molar-refractivity contribution in [3.63, 3.8) is 0 Å². The van der Waals surface area contributed by atoms with E-state index < -0.39 is 0 Å². The molecule has 10 rings (SSSR count). The fourth-order valence-electron chi connectivity index (χ4n) is 8.17. The molecule has 7 aromatic carbocycles. The van der Waals surface area contributed by atoms with Crippen molar-refractivity contribution in [2.75, 3.05) is 4.90 Å². The van der Waals surface area contributed by atoms with Gasteiger partial charge < -0.3 is 9.47 Å². The number of nitriles is 1. The van der Waals surface area contributed by atoms with Crippen LogP contribution in [0, 0.1) is 11.3 Å². The average molecular weight is 707 g/mol. The lowest BCUT2D eigenvalue weighted by Crippen LogP contribution is -2.30. The molecule has 0 saturated heterocycles. The van der Waals surface area contributed by atoms with Gasteiger partial charge in [0.1, 0.15) is 6.07 Å². The van der Waals surface area contributed by atoms with Crippen molar-refractivity contribution in [1.82, 2.24) is 19.5 Å². The second-order valence-electron chi connectivity index (χ2n) is 14.4. The number of nitrogens with zero attached hydrogens (tertiary/aromatic N) is 6. The largest absolute Gasteiger partial charge is 0.310 e. The van der Waals surface area contributed by atoms with Gasteiger partial charge in [0.25, 0.3) is 0 Å². The molecule has 1 aliphatic heterocycles. The van der Waals surface area contributed by atoms with Crippen LogP contribution in [0.15, 0.2) is 170 Å². The predicted molar refractivity (Wildman–Crippen MR) is 222 cm³/mol. The first-order chi connectivity index (χ1) is 27.0. The van der Waals surface area contributed by atoms with E-state index in [0.29, 0.717) is 23.0 Å². The van der Waals surface area contributed by atoms with Gasteiger partial charge in [0, 0.05) is 38.6 Å². The van der Waals surface area contributed by atoms with Gasteiger partial charge in [0.15, 0.2) is 17.5 Å². The molecule has 3 heterocycles. The van der Waals surface area contributed by atoms with Crippen LogP contribution in [0.25, 0.3) is 61.7 Å². The van der Waals surface area contributed by atoms with E-state index in [9.17, 15) is 5.26 Å². The van der Waals surface area contributed by atoms with Crippen molar-refractivity contribution in [3.8, 4) is 45.9 Å². The highest BCUT2D eigenvalue weighted by molar-refractivity contribution is 6.11. The van der Waals surface area contributed by atoms with E-state index in [1.54, 1.807) is 0 Å². The molecule has 9 aromatic rings. The highest BCUT2D eigenvalue weighted by atomic mass is 15.2. The molecule has 0 spiro atoms. The SMILES string of the molecule is CC1(C)c2ccccc2N(c2ccccc2)c2cc3c(cc21)c1ccccc1n3-c1ccc(-c2nc(-c3ccccc3)nc(-c3ccccc3)n2)cc1C#N. The maximum atomic E-state index is 10.8. The zero-order chi connectivity index (χ0) is 37.1. The van der Waals surface area contributed by atoms with Crippen molar-refractivity contribution < 1.29 is 0 Å². The van der Waals surface area contributed by atoms with Gasteiger partial charge in [-0.2, -0.15) is 5.26 Å². The van der Waals surface area contributed by atoms with E-state index >= 15 is 0 Å². The first kappa shape index (κ1) is 32.3. The van der Waals surface area contributed by atoms with Gasteiger partial charge >= 0.3 is 0 Å². The predicted octanol–water partition coefficient (Wildman–Crippen LogP) is 12.0. The van der Waals surface area contributed by atoms with Gasteiger partial charge in [-0.1, -0.05) is 129 Å². The Morgan fingerprint density at radius 1 is 0.473 bits per heavy atom. The molecular weight excluding hydrogens is 673 g/mol. The molecule has 6 heteroatoms. The Labute approximate surface area is 319 Å². The summed E-state index contributed by atoms with van der Waals surface area (Å²) in [5, 5.41) is 13.1. The summed E-state index contributed by atoms with van der Waals surface area (Å²) in [6.07, 6.45) is 0. The number of fused-ring (bicyclic) bond motifs is 5. The Kier molecular flexibility index (Phi) is 7.43. The lowest BCUT2D eigenvalue weighted by Gasteiger charge is -2.42. The fourth-order valence-corrected chi connectivity index (χ4v) is 8.17. The first-order valence-electron chi connectivity index (χ1n) is 18.4. The van der Waals surface area contributed by atoms with Crippen molar-refractivity contribution in [2.24, 2.45) is 0 Å². The van der Waals surface area contributed by atoms with Crippen LogP contribution in [0.2, 0.25) is 0 Å². The number of para-hydroxylation sites is 3. The summed E-state index contributed by atoms with van der Waals surface area (Å²) in [5.41, 5.74) is 11.5. The minimum atomic E-state index is -0.254. The number of aromatic nitrogens is 4. The van der Waals surface area contributed by atoms with Gasteiger partial charge in [-0.05, 0) is 65.7 Å². The standard InChI is InChI=1S/C49H34N6/c1-49(2)39-23-13-15-25-43(39)54(36-20-10-5-11-21-36)45-30-44-38(29-40(45)49)37-22-12-14-24-42(37)55(44)41-27-26-34(28-35(41)31-50)48-52-46(32-16-6-3-7-17-32)51-47(53-48)33-18-8-4-9-19-33/h3-30H,1-2H3. The summed E-state index contributed by atoms with van der Waals surface area (Å²) in [5.74, 6) is 1.66. The minimum Gasteiger partial charge on any atom is -0.310 e. The number of anilines is 3. The van der Waals surface area contributed by atoms with Gasteiger partial charge in [-0.25, -0.2) is 15.0 Å². The normalized spacial score (nSPS) is 13.0. The maximum Gasteiger partial charge on any atom is 0.164 e. The van der Waals surface area contributed by atoms with E-state index in [-0.39, 0.29) is 5.41 Å². The van der Waals surface area contributed by atoms with Crippen LogP contribution in [0.5, 0.6) is 0 Å². The smallest absolute Gasteiger partial charge is 0.164 e. The summed E-state index contributed by atoms with van der Waals surface area (Å²) in [6.45, 7) is 4.64. The minimum absolute atomic E-state index is 0.254. The third-order valence-corrected chi connectivity index (χ3v) is 10.9. The average Bonchev–Trinajstić information content (AvgIpc) is 3.57. The molecule has 0 N–H and O–H groups in total. The van der Waals surface area contributed by atoms with Crippen LogP contribution in [0.4, 0.5) is 17.1 Å². The van der Waals surface area contributed by atoms with Crippen LogP contribution >= 0.6 is 0 Å². The van der Waals surface area contributed by atoms with Gasteiger partial charge in [-0.15, -0.1) is 0 Å². The van der Waals surface area contributed by atoms with E-state index in [4.69, 9.17) is 15.0 Å². The molecule has 55 heavy (non-hydrogen) atoms. The van der Waals surface area contributed by atoms with Gasteiger partial charge in [0.05, 0.1) is 33.7 Å². The third kappa shape index (κ3) is 5.20. The maximum absolute atomic E-state index is 10.8. The molecule has 1 aliphatic rings. The zero-order valence-electron chi connectivity index (χ0n) is 30.3. The Balaban J connectivity index is 1.19. The van der Waals surface area contributed by atoms with Crippen LogP contribution in [-0.2, 0) is 5.41 Å². The summed E-state index contributed by atoms with van der Waals surface area (Å²) in [6, 6.07) is 60.8. The number of hydrogen-bond acceptors (Lipinski definition) is 5. The zero-order valence-corrected chi connectivity index (χ0v) is 30.3. The summed E-state index contributed by atoms with van der Waals surface area (Å²) >= 11 is 0. The van der Waals surface area contributed by atoms with E-state index in [0.717, 1.165) is 61.2 Å². The molecule has 6 nitrogen and oxygen atoms in total. The van der Waals surface area contributed by atoms with E-state index in [1.165, 1.54) is 11.1 Å². The lowest BCUT2D eigenvalue weighted by molar-refractivity contribution is 0.633. The van der Waals surface area contributed by atoms with Gasteiger partial charge in [-0.3, -0.25) is 0 Å². The lowest BCUT2D eigenvalue weighted by atomic mass is 9.73. The molecule has 0 amide bonds. The second-order valence-corrected chi connectivity index (χ2v) is 14.4. The molecule has 0 unspecified atom stereocenters. The second kappa shape index (κ2) is 12.6. The topological polar surface area (TPSA) is 70.6 Å². The highest BCUT2D eigenvalue weighted by Crippen LogP contribution is 2.53. The van der Waals surface area contributed by atoms with Crippen LogP contribution in [-0.4, -0.2) is 19.5 Å². The number of hydrogen-bond donors (Lipinski definition) is 0. The molecule has 0 radical (unpaired) electrons. The van der Waals surface area contributed by atoms with Crippen LogP contribution in [0.3, 0.4) is 0 Å². The van der Waals surface area contributed by atoms with E-state index in [2.05, 4.69) is 120 Å². The Bertz CT molecular complexity index is 2900. The Morgan fingerprint density at radius 2 is 1.05 bits per heavy atom. The molecule has 0 fully saturated rings. The Morgan fingerprint density at radius 3 is 1.73 bits per heavy atom. The van der Waals surface area contributed by atoms with Crippen LogP contribution < -0.4 is 4.90 Å². The number of benzene rings is 7. The van der Waals surface area contributed by atoms with Crippen molar-refractivity contribution in [3.05, 3.63) is 187 Å². The molecular formula is C49H34N6. The molecule has 0 aliphatic carbocycles. The van der Waals surface area contributed by atoms with Crippen molar-refractivity contribution in [2.45, 2.75) is 19.3 Å². The van der Waals surface area contributed by atoms with Crippen molar-refractivity contribution in [1.29, 1.82) is 5.26 Å². The first-order valence-corrected chi connectivity index (χ1v) is 18.4. The summed E-state index contributed by atoms with van der Waals surface area (Å²) < 4.78 is 2.24. The molecule has 260 valence electrons. The Hall–Kier alpha value is -7.36. The molecule has 2 aromatic heterocycles. The van der Waals surface area contributed by atoms with Crippen LogP contribution in [0.1, 0.15) is 30.5 Å². The van der Waals surface area contributed by atoms with Crippen molar-refractivity contribution >= 4 is 38.9 Å². The molecule has 0 bridgehead atoms. The highest BCUT2D eigenvalue weighted by Gasteiger charge is 2.37. The fraction of sp³-hybridized carbons (Fsp3) is 0.0612. The summed E-state index contributed by atoms with van der Waals surface area (Å²) in [4.78, 5) is 17.1. The summed E-state index contributed by atoms with van der Waals surface area (Å²) in [7, 11) is 0. The molecule has 0 saturated carbocycles. The van der Waals surface area contributed by atoms with E-state index in [1.807, 2.05) is 78.9 Å². The number of rotatable bonds is 5. The van der Waals surface area contributed by atoms with Gasteiger partial charge in [0.2, 0.25) is 0 Å².